The van der Waals surface area contributed by atoms with Crippen LogP contribution in [0.25, 0.3) is 0 Å². The largest absolute Gasteiger partial charge is 0.341 e. The first-order chi connectivity index (χ1) is 7.84. The lowest BCUT2D eigenvalue weighted by atomic mass is 10.0. The Morgan fingerprint density at radius 3 is 2.47 bits per heavy atom. The van der Waals surface area contributed by atoms with E-state index in [9.17, 15) is 9.59 Å². The van der Waals surface area contributed by atoms with Crippen LogP contribution < -0.4 is 5.73 Å². The van der Waals surface area contributed by atoms with E-state index in [0.29, 0.717) is 13.1 Å². The normalized spacial score (nSPS) is 21.8. The van der Waals surface area contributed by atoms with Gasteiger partial charge in [-0.1, -0.05) is 13.8 Å². The van der Waals surface area contributed by atoms with Crippen molar-refractivity contribution in [3.8, 4) is 0 Å². The molecule has 1 rings (SSSR count). The van der Waals surface area contributed by atoms with Gasteiger partial charge in [-0.2, -0.15) is 0 Å². The van der Waals surface area contributed by atoms with Crippen LogP contribution in [0.2, 0.25) is 0 Å². The van der Waals surface area contributed by atoms with Crippen molar-refractivity contribution in [3.05, 3.63) is 0 Å². The molecule has 0 radical (unpaired) electrons. The van der Waals surface area contributed by atoms with Gasteiger partial charge in [-0.3, -0.25) is 9.59 Å². The highest BCUT2D eigenvalue weighted by Gasteiger charge is 2.32. The van der Waals surface area contributed by atoms with Crippen molar-refractivity contribution in [3.63, 3.8) is 0 Å². The zero-order valence-electron chi connectivity index (χ0n) is 11.1. The van der Waals surface area contributed by atoms with E-state index >= 15 is 0 Å². The average molecular weight is 241 g/mol. The van der Waals surface area contributed by atoms with Crippen LogP contribution in [0.4, 0.5) is 0 Å². The lowest BCUT2D eigenvalue weighted by molar-refractivity contribution is -0.134. The first-order valence-corrected chi connectivity index (χ1v) is 6.12. The van der Waals surface area contributed by atoms with Gasteiger partial charge in [0.25, 0.3) is 0 Å². The molecule has 0 spiro atoms. The molecule has 0 saturated carbocycles. The van der Waals surface area contributed by atoms with E-state index in [0.717, 1.165) is 6.42 Å². The third kappa shape index (κ3) is 3.19. The molecule has 0 aliphatic carbocycles. The SMILES string of the molecule is CC(=O)N(C)[C@H]1CCN(C(=O)[C@@H](N)C(C)C)C1. The lowest BCUT2D eigenvalue weighted by Crippen LogP contribution is -2.47. The fourth-order valence-corrected chi connectivity index (χ4v) is 2.01. The molecule has 2 N–H and O–H groups in total. The van der Waals surface area contributed by atoms with Gasteiger partial charge in [-0.05, 0) is 12.3 Å². The smallest absolute Gasteiger partial charge is 0.239 e. The van der Waals surface area contributed by atoms with Crippen LogP contribution in [-0.2, 0) is 9.59 Å². The minimum Gasteiger partial charge on any atom is -0.341 e. The Hall–Kier alpha value is -1.10. The average Bonchev–Trinajstić information content (AvgIpc) is 2.74. The van der Waals surface area contributed by atoms with Gasteiger partial charge < -0.3 is 15.5 Å². The van der Waals surface area contributed by atoms with E-state index in [2.05, 4.69) is 0 Å². The van der Waals surface area contributed by atoms with E-state index in [4.69, 9.17) is 5.73 Å². The quantitative estimate of drug-likeness (QED) is 0.759. The van der Waals surface area contributed by atoms with E-state index in [1.54, 1.807) is 23.8 Å². The molecule has 17 heavy (non-hydrogen) atoms. The first kappa shape index (κ1) is 14.0. The second-order valence-corrected chi connectivity index (χ2v) is 5.13. The molecule has 2 atom stereocenters. The van der Waals surface area contributed by atoms with Crippen LogP contribution in [0.5, 0.6) is 0 Å². The number of likely N-dealkylation sites (tertiary alicyclic amines) is 1. The molecule has 0 aromatic rings. The molecule has 1 fully saturated rings. The molecule has 2 amide bonds. The highest BCUT2D eigenvalue weighted by Crippen LogP contribution is 2.16. The van der Waals surface area contributed by atoms with Gasteiger partial charge in [-0.25, -0.2) is 0 Å². The van der Waals surface area contributed by atoms with Crippen molar-refractivity contribution >= 4 is 11.8 Å². The van der Waals surface area contributed by atoms with E-state index in [1.165, 1.54) is 0 Å². The highest BCUT2D eigenvalue weighted by molar-refractivity contribution is 5.82. The van der Waals surface area contributed by atoms with Gasteiger partial charge in [0.2, 0.25) is 11.8 Å². The number of rotatable bonds is 3. The summed E-state index contributed by atoms with van der Waals surface area (Å²) in [5, 5.41) is 0. The highest BCUT2D eigenvalue weighted by atomic mass is 16.2. The Labute approximate surface area is 103 Å². The lowest BCUT2D eigenvalue weighted by Gasteiger charge is -2.25. The molecule has 5 heteroatoms. The van der Waals surface area contributed by atoms with Crippen LogP contribution in [-0.4, -0.2) is 53.8 Å². The summed E-state index contributed by atoms with van der Waals surface area (Å²) in [4.78, 5) is 26.7. The summed E-state index contributed by atoms with van der Waals surface area (Å²) in [6.45, 7) is 6.73. The predicted octanol–water partition coefficient (Wildman–Crippen LogP) is 0.0489. The number of nitrogens with two attached hydrogens (primary N) is 1. The number of hydrogen-bond donors (Lipinski definition) is 1. The van der Waals surface area contributed by atoms with Crippen LogP contribution >= 0.6 is 0 Å². The van der Waals surface area contributed by atoms with Crippen molar-refractivity contribution in [2.45, 2.75) is 39.3 Å². The summed E-state index contributed by atoms with van der Waals surface area (Å²) in [5.41, 5.74) is 5.85. The summed E-state index contributed by atoms with van der Waals surface area (Å²) in [6, 6.07) is -0.299. The summed E-state index contributed by atoms with van der Waals surface area (Å²) >= 11 is 0. The Morgan fingerprint density at radius 1 is 1.41 bits per heavy atom. The Balaban J connectivity index is 2.56. The summed E-state index contributed by atoms with van der Waals surface area (Å²) in [7, 11) is 1.78. The molecule has 1 saturated heterocycles. The van der Waals surface area contributed by atoms with Crippen molar-refractivity contribution in [1.82, 2.24) is 9.80 Å². The van der Waals surface area contributed by atoms with E-state index < -0.39 is 6.04 Å². The monoisotopic (exact) mass is 241 g/mol. The molecule has 1 aliphatic rings. The number of hydrogen-bond acceptors (Lipinski definition) is 3. The minimum atomic E-state index is -0.434. The van der Waals surface area contributed by atoms with E-state index in [1.807, 2.05) is 13.8 Å². The van der Waals surface area contributed by atoms with Gasteiger partial charge in [0.05, 0.1) is 12.1 Å². The second kappa shape index (κ2) is 5.49. The number of carbonyl (C=O) groups excluding carboxylic acids is 2. The third-order valence-electron chi connectivity index (χ3n) is 3.52. The molecule has 0 aromatic heterocycles. The van der Waals surface area contributed by atoms with Crippen molar-refractivity contribution in [1.29, 1.82) is 0 Å². The zero-order valence-corrected chi connectivity index (χ0v) is 11.1. The minimum absolute atomic E-state index is 0.000507. The number of carbonyl (C=O) groups is 2. The van der Waals surface area contributed by atoms with Crippen molar-refractivity contribution in [2.75, 3.05) is 20.1 Å². The van der Waals surface area contributed by atoms with Crippen molar-refractivity contribution < 1.29 is 9.59 Å². The van der Waals surface area contributed by atoms with Crippen LogP contribution in [0.3, 0.4) is 0 Å². The molecule has 1 aliphatic heterocycles. The number of amides is 2. The van der Waals surface area contributed by atoms with Gasteiger partial charge in [-0.15, -0.1) is 0 Å². The molecule has 0 bridgehead atoms. The zero-order chi connectivity index (χ0) is 13.2. The second-order valence-electron chi connectivity index (χ2n) is 5.13. The third-order valence-corrected chi connectivity index (χ3v) is 3.52. The topological polar surface area (TPSA) is 66.6 Å². The van der Waals surface area contributed by atoms with Gasteiger partial charge in [0.1, 0.15) is 0 Å². The van der Waals surface area contributed by atoms with Gasteiger partial charge >= 0.3 is 0 Å². The molecule has 98 valence electrons. The van der Waals surface area contributed by atoms with Crippen LogP contribution in [0, 0.1) is 5.92 Å². The maximum atomic E-state index is 12.0. The number of likely N-dealkylation sites (N-methyl/N-ethyl adjacent to an activating group) is 1. The van der Waals surface area contributed by atoms with Gasteiger partial charge in [0, 0.05) is 27.1 Å². The van der Waals surface area contributed by atoms with Gasteiger partial charge in [0.15, 0.2) is 0 Å². The molecule has 5 nitrogen and oxygen atoms in total. The maximum absolute atomic E-state index is 12.0. The Kier molecular flexibility index (Phi) is 4.51. The molecule has 0 aromatic carbocycles. The van der Waals surface area contributed by atoms with Crippen molar-refractivity contribution in [2.24, 2.45) is 11.7 Å². The fraction of sp³-hybridized carbons (Fsp3) is 0.833. The fourth-order valence-electron chi connectivity index (χ4n) is 2.01. The summed E-state index contributed by atoms with van der Waals surface area (Å²) in [5.74, 6) is 0.184. The standard InChI is InChI=1S/C12H23N3O2/c1-8(2)11(13)12(17)15-6-5-10(7-15)14(4)9(3)16/h8,10-11H,5-7,13H2,1-4H3/t10-,11-/m0/s1. The number of nitrogens with zero attached hydrogens (tertiary/aromatic N) is 2. The van der Waals surface area contributed by atoms with Crippen LogP contribution in [0.1, 0.15) is 27.2 Å². The Morgan fingerprint density at radius 2 is 2.00 bits per heavy atom. The Bertz CT molecular complexity index is 304. The summed E-state index contributed by atoms with van der Waals surface area (Å²) < 4.78 is 0. The molecule has 1 heterocycles. The summed E-state index contributed by atoms with van der Waals surface area (Å²) in [6.07, 6.45) is 0.840. The predicted molar refractivity (Wildman–Crippen MR) is 66.2 cm³/mol. The molecule has 0 unspecified atom stereocenters. The van der Waals surface area contributed by atoms with Crippen LogP contribution in [0.15, 0.2) is 0 Å². The molecular weight excluding hydrogens is 218 g/mol. The molecular formula is C12H23N3O2. The van der Waals surface area contributed by atoms with E-state index in [-0.39, 0.29) is 23.8 Å². The first-order valence-electron chi connectivity index (χ1n) is 6.12. The maximum Gasteiger partial charge on any atom is 0.239 e.